The number of halogens is 1. The highest BCUT2D eigenvalue weighted by Gasteiger charge is 2.59. The highest BCUT2D eigenvalue weighted by atomic mass is 19.1. The molecular formula is C23H28FN5O3. The number of benzene rings is 1. The summed E-state index contributed by atoms with van der Waals surface area (Å²) >= 11 is 0. The zero-order valence-corrected chi connectivity index (χ0v) is 18.3. The number of aromatic nitrogens is 3. The van der Waals surface area contributed by atoms with Crippen LogP contribution in [-0.4, -0.2) is 56.1 Å². The average molecular weight is 442 g/mol. The lowest BCUT2D eigenvalue weighted by Crippen LogP contribution is -2.42. The molecular weight excluding hydrogens is 413 g/mol. The molecule has 3 aromatic rings. The zero-order valence-electron chi connectivity index (χ0n) is 18.3. The van der Waals surface area contributed by atoms with Crippen LogP contribution in [0.25, 0.3) is 16.7 Å². The van der Waals surface area contributed by atoms with E-state index in [0.717, 1.165) is 50.5 Å². The Morgan fingerprint density at radius 2 is 2.06 bits per heavy atom. The van der Waals surface area contributed by atoms with E-state index < -0.39 is 23.1 Å². The van der Waals surface area contributed by atoms with Gasteiger partial charge in [-0.15, -0.1) is 0 Å². The third-order valence-electron chi connectivity index (χ3n) is 7.94. The number of carbonyl (C=O) groups is 2. The molecule has 2 aliphatic rings. The minimum absolute atomic E-state index is 0.100. The summed E-state index contributed by atoms with van der Waals surface area (Å²) in [5.41, 5.74) is 7.51. The Kier molecular flexibility index (Phi) is 4.60. The number of H-pyrrole nitrogens is 1. The molecule has 170 valence electrons. The molecule has 2 fully saturated rings. The van der Waals surface area contributed by atoms with Gasteiger partial charge in [0.25, 0.3) is 5.91 Å². The van der Waals surface area contributed by atoms with E-state index >= 15 is 0 Å². The van der Waals surface area contributed by atoms with E-state index in [2.05, 4.69) is 21.9 Å². The summed E-state index contributed by atoms with van der Waals surface area (Å²) < 4.78 is 15.7. The highest BCUT2D eigenvalue weighted by Crippen LogP contribution is 2.56. The predicted octanol–water partition coefficient (Wildman–Crippen LogP) is 2.91. The number of carbonyl (C=O) groups excluding carboxylic acids is 1. The fraction of sp³-hybridized carbons (Fsp3) is 0.522. The number of fused-ring (bicyclic) bond motifs is 3. The molecule has 9 heteroatoms. The number of amides is 1. The van der Waals surface area contributed by atoms with Gasteiger partial charge in [0.15, 0.2) is 5.65 Å². The molecule has 0 spiro atoms. The molecule has 2 atom stereocenters. The number of rotatable bonds is 6. The molecule has 5 rings (SSSR count). The largest absolute Gasteiger partial charge is 0.481 e. The Morgan fingerprint density at radius 1 is 1.34 bits per heavy atom. The first-order valence-corrected chi connectivity index (χ1v) is 11.1. The summed E-state index contributed by atoms with van der Waals surface area (Å²) in [4.78, 5) is 30.5. The minimum Gasteiger partial charge on any atom is -0.481 e. The molecule has 1 saturated heterocycles. The SMILES string of the molecule is CCC1(C(=O)O)CC1CN1CCC(C)(c2c[nH]n3c2nc2cc(F)cc(C(N)=O)c23)CC1. The Balaban J connectivity index is 1.39. The van der Waals surface area contributed by atoms with Gasteiger partial charge < -0.3 is 15.7 Å². The molecule has 0 bridgehead atoms. The van der Waals surface area contributed by atoms with Crippen LogP contribution < -0.4 is 5.73 Å². The van der Waals surface area contributed by atoms with Gasteiger partial charge in [-0.2, -0.15) is 0 Å². The minimum atomic E-state index is -0.698. The summed E-state index contributed by atoms with van der Waals surface area (Å²) in [6.07, 6.45) is 5.17. The lowest BCUT2D eigenvalue weighted by molar-refractivity contribution is -0.144. The first kappa shape index (κ1) is 20.9. The summed E-state index contributed by atoms with van der Waals surface area (Å²) in [6, 6.07) is 2.46. The van der Waals surface area contributed by atoms with Crippen LogP contribution in [0.15, 0.2) is 18.3 Å². The van der Waals surface area contributed by atoms with E-state index in [1.54, 1.807) is 4.52 Å². The molecule has 1 aliphatic heterocycles. The predicted molar refractivity (Wildman–Crippen MR) is 117 cm³/mol. The van der Waals surface area contributed by atoms with Crippen molar-refractivity contribution < 1.29 is 19.1 Å². The topological polar surface area (TPSA) is 117 Å². The van der Waals surface area contributed by atoms with Crippen molar-refractivity contribution in [3.8, 4) is 0 Å². The highest BCUT2D eigenvalue weighted by molar-refractivity contribution is 6.05. The van der Waals surface area contributed by atoms with Crippen LogP contribution in [0.4, 0.5) is 4.39 Å². The van der Waals surface area contributed by atoms with Crippen LogP contribution in [0, 0.1) is 17.2 Å². The van der Waals surface area contributed by atoms with Crippen molar-refractivity contribution in [2.24, 2.45) is 17.1 Å². The lowest BCUT2D eigenvalue weighted by Gasteiger charge is -2.39. The van der Waals surface area contributed by atoms with E-state index in [1.807, 2.05) is 13.1 Å². The molecule has 4 N–H and O–H groups in total. The smallest absolute Gasteiger partial charge is 0.309 e. The number of primary amides is 1. The van der Waals surface area contributed by atoms with Crippen LogP contribution in [0.1, 0.15) is 55.5 Å². The molecule has 3 heterocycles. The molecule has 8 nitrogen and oxygen atoms in total. The Hall–Kier alpha value is -2.94. The van der Waals surface area contributed by atoms with E-state index in [4.69, 9.17) is 5.73 Å². The summed E-state index contributed by atoms with van der Waals surface area (Å²) in [5.74, 6) is -1.68. The lowest BCUT2D eigenvalue weighted by atomic mass is 9.75. The Labute approximate surface area is 184 Å². The van der Waals surface area contributed by atoms with Crippen LogP contribution in [-0.2, 0) is 10.2 Å². The molecule has 1 aliphatic carbocycles. The number of piperidine rings is 1. The maximum atomic E-state index is 14.0. The quantitative estimate of drug-likeness (QED) is 0.544. The molecule has 0 radical (unpaired) electrons. The molecule has 32 heavy (non-hydrogen) atoms. The second-order valence-electron chi connectivity index (χ2n) is 9.72. The van der Waals surface area contributed by atoms with Crippen LogP contribution in [0.5, 0.6) is 0 Å². The van der Waals surface area contributed by atoms with Crippen molar-refractivity contribution >= 4 is 28.6 Å². The van der Waals surface area contributed by atoms with Gasteiger partial charge in [0.1, 0.15) is 11.3 Å². The van der Waals surface area contributed by atoms with Gasteiger partial charge in [0.05, 0.1) is 16.5 Å². The monoisotopic (exact) mass is 441 g/mol. The Morgan fingerprint density at radius 3 is 2.66 bits per heavy atom. The maximum absolute atomic E-state index is 14.0. The van der Waals surface area contributed by atoms with Gasteiger partial charge in [-0.25, -0.2) is 13.9 Å². The number of hydrogen-bond acceptors (Lipinski definition) is 4. The van der Waals surface area contributed by atoms with Gasteiger partial charge in [-0.3, -0.25) is 14.7 Å². The van der Waals surface area contributed by atoms with Gasteiger partial charge in [0, 0.05) is 29.8 Å². The summed E-state index contributed by atoms with van der Waals surface area (Å²) in [6.45, 7) is 6.75. The number of aromatic amines is 1. The van der Waals surface area contributed by atoms with Gasteiger partial charge >= 0.3 is 5.97 Å². The Bertz CT molecular complexity index is 1240. The zero-order chi connectivity index (χ0) is 22.8. The number of imidazole rings is 1. The first-order chi connectivity index (χ1) is 15.2. The molecule has 2 aromatic heterocycles. The van der Waals surface area contributed by atoms with Gasteiger partial charge in [-0.05, 0) is 50.8 Å². The number of carboxylic acid groups (broad SMARTS) is 1. The number of nitrogens with two attached hydrogens (primary N) is 1. The first-order valence-electron chi connectivity index (χ1n) is 11.1. The van der Waals surface area contributed by atoms with Crippen molar-refractivity contribution in [3.05, 3.63) is 35.3 Å². The number of carboxylic acids is 1. The summed E-state index contributed by atoms with van der Waals surface area (Å²) in [5, 5.41) is 12.7. The second-order valence-corrected chi connectivity index (χ2v) is 9.72. The summed E-state index contributed by atoms with van der Waals surface area (Å²) in [7, 11) is 0. The van der Waals surface area contributed by atoms with Crippen molar-refractivity contribution in [2.75, 3.05) is 19.6 Å². The van der Waals surface area contributed by atoms with E-state index in [1.165, 1.54) is 6.07 Å². The van der Waals surface area contributed by atoms with Crippen LogP contribution >= 0.6 is 0 Å². The molecule has 1 saturated carbocycles. The van der Waals surface area contributed by atoms with Crippen molar-refractivity contribution in [2.45, 2.75) is 44.9 Å². The maximum Gasteiger partial charge on any atom is 0.309 e. The number of hydrogen-bond donors (Lipinski definition) is 3. The number of nitrogens with zero attached hydrogens (tertiary/aromatic N) is 3. The fourth-order valence-corrected chi connectivity index (χ4v) is 5.58. The van der Waals surface area contributed by atoms with E-state index in [0.29, 0.717) is 23.1 Å². The molecule has 1 aromatic carbocycles. The van der Waals surface area contributed by atoms with E-state index in [9.17, 15) is 19.1 Å². The van der Waals surface area contributed by atoms with Crippen molar-refractivity contribution in [1.29, 1.82) is 0 Å². The third-order valence-corrected chi connectivity index (χ3v) is 7.94. The molecule has 2 unspecified atom stereocenters. The standard InChI is InChI=1S/C23H28FN5O3/c1-3-23(21(31)32)10-13(23)12-28-6-4-22(2,5-7-28)16-11-26-29-18-15(19(25)30)8-14(24)9-17(18)27-20(16)29/h8-9,11,13,26H,3-7,10,12H2,1-2H3,(H2,25,30)(H,31,32). The van der Waals surface area contributed by atoms with Crippen LogP contribution in [0.3, 0.4) is 0 Å². The van der Waals surface area contributed by atoms with Crippen molar-refractivity contribution in [3.63, 3.8) is 0 Å². The fourth-order valence-electron chi connectivity index (χ4n) is 5.58. The molecule has 1 amide bonds. The van der Waals surface area contributed by atoms with Crippen molar-refractivity contribution in [1.82, 2.24) is 19.5 Å². The number of aliphatic carboxylic acids is 1. The third kappa shape index (κ3) is 3.02. The van der Waals surface area contributed by atoms with Gasteiger partial charge in [0.2, 0.25) is 0 Å². The van der Waals surface area contributed by atoms with Gasteiger partial charge in [-0.1, -0.05) is 13.8 Å². The second kappa shape index (κ2) is 7.03. The normalized spacial score (nSPS) is 25.4. The van der Waals surface area contributed by atoms with Crippen LogP contribution in [0.2, 0.25) is 0 Å². The van der Waals surface area contributed by atoms with E-state index in [-0.39, 0.29) is 16.9 Å². The number of likely N-dealkylation sites (tertiary alicyclic amines) is 1. The number of nitrogens with one attached hydrogen (secondary N) is 1. The average Bonchev–Trinajstić information content (AvgIpc) is 3.11.